The lowest BCUT2D eigenvalue weighted by molar-refractivity contribution is 0.183. The molecule has 0 atom stereocenters. The lowest BCUT2D eigenvalue weighted by Crippen LogP contribution is -2.39. The van der Waals surface area contributed by atoms with E-state index < -0.39 is 0 Å². The fourth-order valence-electron chi connectivity index (χ4n) is 4.60. The van der Waals surface area contributed by atoms with Gasteiger partial charge < -0.3 is 10.2 Å². The Balaban J connectivity index is 1.27. The highest BCUT2D eigenvalue weighted by Crippen LogP contribution is 2.22. The van der Waals surface area contributed by atoms with Crippen LogP contribution < -0.4 is 10.2 Å². The Bertz CT molecular complexity index is 980. The molecular formula is C29H35N3O. The molecule has 3 aromatic carbocycles. The molecule has 4 nitrogen and oxygen atoms in total. The highest BCUT2D eigenvalue weighted by molar-refractivity contribution is 6.01. The molecular weight excluding hydrogens is 406 g/mol. The van der Waals surface area contributed by atoms with Crippen LogP contribution in [0, 0.1) is 12.8 Å². The summed E-state index contributed by atoms with van der Waals surface area (Å²) in [6.45, 7) is 6.08. The van der Waals surface area contributed by atoms with E-state index in [1.807, 2.05) is 66.4 Å². The molecule has 1 aliphatic heterocycles. The largest absolute Gasteiger partial charge is 0.326 e. The van der Waals surface area contributed by atoms with Crippen LogP contribution in [0.1, 0.15) is 30.4 Å². The summed E-state index contributed by atoms with van der Waals surface area (Å²) in [5, 5.41) is 3.06. The van der Waals surface area contributed by atoms with E-state index in [1.165, 1.54) is 30.4 Å². The third-order valence-electron chi connectivity index (χ3n) is 6.55. The number of para-hydroxylation sites is 1. The molecule has 1 N–H and O–H groups in total. The van der Waals surface area contributed by atoms with Crippen molar-refractivity contribution in [3.05, 3.63) is 96.1 Å². The number of piperidine rings is 1. The van der Waals surface area contributed by atoms with Gasteiger partial charge in [0.25, 0.3) is 0 Å². The van der Waals surface area contributed by atoms with Crippen molar-refractivity contribution < 1.29 is 4.79 Å². The molecule has 33 heavy (non-hydrogen) atoms. The van der Waals surface area contributed by atoms with Gasteiger partial charge in [-0.1, -0.05) is 66.2 Å². The van der Waals surface area contributed by atoms with Gasteiger partial charge in [-0.15, -0.1) is 0 Å². The molecule has 0 spiro atoms. The van der Waals surface area contributed by atoms with Crippen molar-refractivity contribution in [3.8, 4) is 0 Å². The van der Waals surface area contributed by atoms with Crippen molar-refractivity contribution in [1.29, 1.82) is 0 Å². The zero-order chi connectivity index (χ0) is 22.9. The summed E-state index contributed by atoms with van der Waals surface area (Å²) >= 11 is 0. The van der Waals surface area contributed by atoms with Crippen LogP contribution in [0.5, 0.6) is 0 Å². The molecule has 0 saturated carbocycles. The SMILES string of the molecule is Cc1ccc(NC(=O)N(CCCN2CCC(Cc3ccccc3)CC2)c2ccccc2)cc1. The number of urea groups is 1. The second kappa shape index (κ2) is 11.7. The number of carbonyl (C=O) groups is 1. The van der Waals surface area contributed by atoms with Crippen LogP contribution in [0.3, 0.4) is 0 Å². The predicted molar refractivity (Wildman–Crippen MR) is 138 cm³/mol. The van der Waals surface area contributed by atoms with Crippen LogP contribution in [0.2, 0.25) is 0 Å². The smallest absolute Gasteiger partial charge is 0.308 e. The molecule has 4 rings (SSSR count). The molecule has 0 unspecified atom stereocenters. The average molecular weight is 442 g/mol. The summed E-state index contributed by atoms with van der Waals surface area (Å²) in [6.07, 6.45) is 4.66. The van der Waals surface area contributed by atoms with Gasteiger partial charge in [0, 0.05) is 17.9 Å². The normalized spacial score (nSPS) is 14.7. The van der Waals surface area contributed by atoms with E-state index in [2.05, 4.69) is 40.5 Å². The fraction of sp³-hybridized carbons (Fsp3) is 0.345. The maximum Gasteiger partial charge on any atom is 0.326 e. The van der Waals surface area contributed by atoms with Crippen molar-refractivity contribution in [2.75, 3.05) is 36.4 Å². The number of anilines is 2. The average Bonchev–Trinajstić information content (AvgIpc) is 2.85. The van der Waals surface area contributed by atoms with Crippen molar-refractivity contribution >= 4 is 17.4 Å². The van der Waals surface area contributed by atoms with Crippen LogP contribution in [0.4, 0.5) is 16.2 Å². The first-order valence-electron chi connectivity index (χ1n) is 12.1. The molecule has 172 valence electrons. The number of nitrogens with one attached hydrogen (secondary N) is 1. The molecule has 0 bridgehead atoms. The summed E-state index contributed by atoms with van der Waals surface area (Å²) in [6, 6.07) is 28.7. The quantitative estimate of drug-likeness (QED) is 0.440. The van der Waals surface area contributed by atoms with E-state index in [0.717, 1.165) is 43.3 Å². The van der Waals surface area contributed by atoms with Crippen molar-refractivity contribution in [2.24, 2.45) is 5.92 Å². The first kappa shape index (κ1) is 23.1. The van der Waals surface area contributed by atoms with Gasteiger partial charge in [-0.3, -0.25) is 4.90 Å². The number of likely N-dealkylation sites (tertiary alicyclic amines) is 1. The van der Waals surface area contributed by atoms with E-state index in [9.17, 15) is 4.79 Å². The van der Waals surface area contributed by atoms with Gasteiger partial charge in [-0.2, -0.15) is 0 Å². The number of amides is 2. The minimum Gasteiger partial charge on any atom is -0.308 e. The Morgan fingerprint density at radius 2 is 1.55 bits per heavy atom. The van der Waals surface area contributed by atoms with E-state index in [-0.39, 0.29) is 6.03 Å². The minimum absolute atomic E-state index is 0.0772. The number of benzene rings is 3. The van der Waals surface area contributed by atoms with Crippen LogP contribution >= 0.6 is 0 Å². The molecule has 3 aromatic rings. The van der Waals surface area contributed by atoms with Gasteiger partial charge in [0.05, 0.1) is 0 Å². The molecule has 1 saturated heterocycles. The molecule has 0 aromatic heterocycles. The molecule has 4 heteroatoms. The third-order valence-corrected chi connectivity index (χ3v) is 6.55. The minimum atomic E-state index is -0.0772. The van der Waals surface area contributed by atoms with Gasteiger partial charge in [0.2, 0.25) is 0 Å². The molecule has 1 fully saturated rings. The van der Waals surface area contributed by atoms with E-state index in [1.54, 1.807) is 0 Å². The fourth-order valence-corrected chi connectivity index (χ4v) is 4.60. The summed E-state index contributed by atoms with van der Waals surface area (Å²) in [5.41, 5.74) is 4.39. The standard InChI is InChI=1S/C29H35N3O/c1-24-13-15-27(16-14-24)30-29(33)32(28-11-6-3-7-12-28)20-8-19-31-21-17-26(18-22-31)23-25-9-4-2-5-10-25/h2-7,9-16,26H,8,17-23H2,1H3,(H,30,33). The molecule has 0 aliphatic carbocycles. The van der Waals surface area contributed by atoms with E-state index in [0.29, 0.717) is 6.54 Å². The van der Waals surface area contributed by atoms with Crippen molar-refractivity contribution in [2.45, 2.75) is 32.6 Å². The zero-order valence-electron chi connectivity index (χ0n) is 19.6. The number of rotatable bonds is 8. The van der Waals surface area contributed by atoms with Crippen LogP contribution in [-0.4, -0.2) is 37.1 Å². The number of nitrogens with zero attached hydrogens (tertiary/aromatic N) is 2. The first-order chi connectivity index (χ1) is 16.2. The van der Waals surface area contributed by atoms with Gasteiger partial charge in [-0.25, -0.2) is 4.79 Å². The van der Waals surface area contributed by atoms with Crippen LogP contribution in [0.15, 0.2) is 84.9 Å². The van der Waals surface area contributed by atoms with Crippen LogP contribution in [-0.2, 0) is 6.42 Å². The number of carbonyl (C=O) groups excluding carboxylic acids is 1. The van der Waals surface area contributed by atoms with Crippen molar-refractivity contribution in [3.63, 3.8) is 0 Å². The second-order valence-corrected chi connectivity index (χ2v) is 9.11. The lowest BCUT2D eigenvalue weighted by Gasteiger charge is -2.32. The number of hydrogen-bond donors (Lipinski definition) is 1. The molecule has 2 amide bonds. The van der Waals surface area contributed by atoms with Gasteiger partial charge >= 0.3 is 6.03 Å². The summed E-state index contributed by atoms with van der Waals surface area (Å²) in [5.74, 6) is 0.782. The van der Waals surface area contributed by atoms with Crippen LogP contribution in [0.25, 0.3) is 0 Å². The first-order valence-corrected chi connectivity index (χ1v) is 12.1. The summed E-state index contributed by atoms with van der Waals surface area (Å²) in [7, 11) is 0. The lowest BCUT2D eigenvalue weighted by atomic mass is 9.90. The van der Waals surface area contributed by atoms with Gasteiger partial charge in [0.1, 0.15) is 0 Å². The Kier molecular flexibility index (Phi) is 8.15. The number of hydrogen-bond acceptors (Lipinski definition) is 2. The predicted octanol–water partition coefficient (Wildman–Crippen LogP) is 6.38. The van der Waals surface area contributed by atoms with Gasteiger partial charge in [-0.05, 0) is 88.0 Å². The highest BCUT2D eigenvalue weighted by atomic mass is 16.2. The molecule has 1 aliphatic rings. The van der Waals surface area contributed by atoms with E-state index >= 15 is 0 Å². The maximum absolute atomic E-state index is 13.1. The number of aryl methyl sites for hydroxylation is 1. The second-order valence-electron chi connectivity index (χ2n) is 9.11. The summed E-state index contributed by atoms with van der Waals surface area (Å²) < 4.78 is 0. The Hall–Kier alpha value is -3.11. The van der Waals surface area contributed by atoms with Gasteiger partial charge in [0.15, 0.2) is 0 Å². The maximum atomic E-state index is 13.1. The Labute approximate surface area is 198 Å². The van der Waals surface area contributed by atoms with Crippen molar-refractivity contribution in [1.82, 2.24) is 4.90 Å². The van der Waals surface area contributed by atoms with E-state index in [4.69, 9.17) is 0 Å². The molecule has 0 radical (unpaired) electrons. The zero-order valence-corrected chi connectivity index (χ0v) is 19.6. The Morgan fingerprint density at radius 3 is 2.21 bits per heavy atom. The monoisotopic (exact) mass is 441 g/mol. The Morgan fingerprint density at radius 1 is 0.909 bits per heavy atom. The third kappa shape index (κ3) is 6.93. The summed E-state index contributed by atoms with van der Waals surface area (Å²) in [4.78, 5) is 17.5. The topological polar surface area (TPSA) is 35.6 Å². The highest BCUT2D eigenvalue weighted by Gasteiger charge is 2.20. The molecule has 1 heterocycles.